The maximum Gasteiger partial charge on any atom is 0.341 e. The zero-order chi connectivity index (χ0) is 19.8. The van der Waals surface area contributed by atoms with E-state index in [1.807, 2.05) is 0 Å². The van der Waals surface area contributed by atoms with Crippen LogP contribution in [-0.2, 0) is 31.9 Å². The third-order valence-corrected chi connectivity index (χ3v) is 6.11. The molecular formula is C20H29NO5S. The number of carbonyl (C=O) groups is 3. The van der Waals surface area contributed by atoms with Crippen LogP contribution in [0.1, 0.15) is 73.2 Å². The van der Waals surface area contributed by atoms with Crippen LogP contribution in [0.15, 0.2) is 0 Å². The molecule has 0 radical (unpaired) electrons. The van der Waals surface area contributed by atoms with Gasteiger partial charge in [-0.2, -0.15) is 0 Å². The van der Waals surface area contributed by atoms with Crippen LogP contribution in [0, 0.1) is 5.92 Å². The molecular weight excluding hydrogens is 366 g/mol. The van der Waals surface area contributed by atoms with Gasteiger partial charge >= 0.3 is 11.9 Å². The van der Waals surface area contributed by atoms with Crippen molar-refractivity contribution in [2.75, 3.05) is 19.0 Å². The minimum atomic E-state index is -0.356. The van der Waals surface area contributed by atoms with E-state index in [2.05, 4.69) is 17.0 Å². The molecule has 1 aromatic rings. The smallest absolute Gasteiger partial charge is 0.341 e. The molecule has 0 aliphatic heterocycles. The van der Waals surface area contributed by atoms with Crippen molar-refractivity contribution in [3.63, 3.8) is 0 Å². The van der Waals surface area contributed by atoms with E-state index in [1.165, 1.54) is 23.3 Å². The normalized spacial score (nSPS) is 15.7. The fraction of sp³-hybridized carbons (Fsp3) is 0.650. The second-order valence-corrected chi connectivity index (χ2v) is 7.88. The summed E-state index contributed by atoms with van der Waals surface area (Å²) in [7, 11) is 1.35. The number of fused-ring (bicyclic) bond motifs is 1. The Bertz CT molecular complexity index is 682. The quantitative estimate of drug-likeness (QED) is 0.503. The van der Waals surface area contributed by atoms with Crippen LogP contribution in [0.2, 0.25) is 0 Å². The number of carbonyl (C=O) groups excluding carboxylic acids is 3. The van der Waals surface area contributed by atoms with E-state index >= 15 is 0 Å². The van der Waals surface area contributed by atoms with Crippen LogP contribution in [0.3, 0.4) is 0 Å². The van der Waals surface area contributed by atoms with E-state index in [0.717, 1.165) is 31.2 Å². The molecule has 0 fully saturated rings. The Labute approximate surface area is 164 Å². The molecule has 150 valence electrons. The molecule has 1 amide bonds. The summed E-state index contributed by atoms with van der Waals surface area (Å²) in [6, 6.07) is 0. The zero-order valence-electron chi connectivity index (χ0n) is 16.4. The van der Waals surface area contributed by atoms with Gasteiger partial charge in [-0.15, -0.1) is 11.3 Å². The fourth-order valence-corrected chi connectivity index (χ4v) is 4.72. The van der Waals surface area contributed by atoms with Crippen LogP contribution in [0.5, 0.6) is 0 Å². The lowest BCUT2D eigenvalue weighted by atomic mass is 9.85. The molecule has 1 unspecified atom stereocenters. The minimum absolute atomic E-state index is 0.143. The first-order chi connectivity index (χ1) is 13.0. The van der Waals surface area contributed by atoms with Gasteiger partial charge < -0.3 is 14.8 Å². The number of anilines is 1. The zero-order valence-corrected chi connectivity index (χ0v) is 17.2. The van der Waals surface area contributed by atoms with Crippen LogP contribution in [-0.4, -0.2) is 31.6 Å². The van der Waals surface area contributed by atoms with Gasteiger partial charge in [0, 0.05) is 17.7 Å². The molecule has 0 saturated heterocycles. The number of nitrogens with one attached hydrogen (secondary N) is 1. The standard InChI is InChI=1S/C20H29NO5S/c1-4-13-10-11-14-15(12-13)27-19(18(14)20(24)26-5-2)21-16(22)8-6-7-9-17(23)25-3/h13H,4-12H2,1-3H3,(H,21,22). The highest BCUT2D eigenvalue weighted by Gasteiger charge is 2.29. The van der Waals surface area contributed by atoms with Crippen LogP contribution in [0.4, 0.5) is 5.00 Å². The summed E-state index contributed by atoms with van der Waals surface area (Å²) in [5.41, 5.74) is 1.58. The van der Waals surface area contributed by atoms with E-state index in [0.29, 0.717) is 48.8 Å². The molecule has 1 N–H and O–H groups in total. The second-order valence-electron chi connectivity index (χ2n) is 6.78. The number of hydrogen-bond donors (Lipinski definition) is 1. The number of hydrogen-bond acceptors (Lipinski definition) is 6. The Morgan fingerprint density at radius 1 is 1.19 bits per heavy atom. The molecule has 1 heterocycles. The number of unbranched alkanes of at least 4 members (excludes halogenated alkanes) is 1. The Balaban J connectivity index is 2.06. The minimum Gasteiger partial charge on any atom is -0.469 e. The highest BCUT2D eigenvalue weighted by atomic mass is 32.1. The number of esters is 2. The number of methoxy groups -OCH3 is 1. The molecule has 0 bridgehead atoms. The maximum absolute atomic E-state index is 12.5. The molecule has 1 aliphatic rings. The van der Waals surface area contributed by atoms with Crippen molar-refractivity contribution < 1.29 is 23.9 Å². The Morgan fingerprint density at radius 3 is 2.59 bits per heavy atom. The van der Waals surface area contributed by atoms with Crippen molar-refractivity contribution in [3.05, 3.63) is 16.0 Å². The van der Waals surface area contributed by atoms with Crippen molar-refractivity contribution in [3.8, 4) is 0 Å². The molecule has 1 atom stereocenters. The van der Waals surface area contributed by atoms with E-state index < -0.39 is 0 Å². The lowest BCUT2D eigenvalue weighted by Gasteiger charge is -2.20. The Kier molecular flexibility index (Phi) is 8.28. The second kappa shape index (κ2) is 10.4. The third-order valence-electron chi connectivity index (χ3n) is 4.94. The number of rotatable bonds is 9. The first-order valence-corrected chi connectivity index (χ1v) is 10.5. The first kappa shape index (κ1) is 21.4. The lowest BCUT2D eigenvalue weighted by molar-refractivity contribution is -0.140. The molecule has 7 heteroatoms. The van der Waals surface area contributed by atoms with Crippen molar-refractivity contribution in [2.45, 2.75) is 65.2 Å². The van der Waals surface area contributed by atoms with Gasteiger partial charge in [0.15, 0.2) is 0 Å². The van der Waals surface area contributed by atoms with Gasteiger partial charge in [-0.05, 0) is 50.5 Å². The molecule has 0 saturated carbocycles. The molecule has 2 rings (SSSR count). The number of amides is 1. The Morgan fingerprint density at radius 2 is 1.93 bits per heavy atom. The van der Waals surface area contributed by atoms with Crippen molar-refractivity contribution in [1.82, 2.24) is 0 Å². The van der Waals surface area contributed by atoms with Crippen molar-refractivity contribution in [1.29, 1.82) is 0 Å². The highest BCUT2D eigenvalue weighted by molar-refractivity contribution is 7.17. The van der Waals surface area contributed by atoms with Gasteiger partial charge in [0.1, 0.15) is 5.00 Å². The van der Waals surface area contributed by atoms with Crippen molar-refractivity contribution in [2.24, 2.45) is 5.92 Å². The summed E-state index contributed by atoms with van der Waals surface area (Å²) in [4.78, 5) is 37.1. The highest BCUT2D eigenvalue weighted by Crippen LogP contribution is 2.40. The third kappa shape index (κ3) is 5.79. The van der Waals surface area contributed by atoms with E-state index in [9.17, 15) is 14.4 Å². The molecule has 0 spiro atoms. The largest absolute Gasteiger partial charge is 0.469 e. The van der Waals surface area contributed by atoms with Gasteiger partial charge in [-0.25, -0.2) is 4.79 Å². The molecule has 6 nitrogen and oxygen atoms in total. The van der Waals surface area contributed by atoms with E-state index in [4.69, 9.17) is 4.74 Å². The van der Waals surface area contributed by atoms with Crippen LogP contribution < -0.4 is 5.32 Å². The molecule has 1 aromatic heterocycles. The summed E-state index contributed by atoms with van der Waals surface area (Å²) in [6.45, 7) is 4.28. The Hall–Kier alpha value is -1.89. The predicted octanol–water partition coefficient (Wildman–Crippen LogP) is 4.11. The first-order valence-electron chi connectivity index (χ1n) is 9.68. The van der Waals surface area contributed by atoms with Crippen molar-refractivity contribution >= 4 is 34.2 Å². The molecule has 0 aromatic carbocycles. The summed E-state index contributed by atoms with van der Waals surface area (Å²) in [5, 5.41) is 3.51. The SMILES string of the molecule is CCOC(=O)c1c(NC(=O)CCCCC(=O)OC)sc2c1CCC(CC)C2. The van der Waals surface area contributed by atoms with Gasteiger partial charge in [0.2, 0.25) is 5.91 Å². The average Bonchev–Trinajstić information content (AvgIpc) is 3.01. The topological polar surface area (TPSA) is 81.7 Å². The van der Waals surface area contributed by atoms with Crippen LogP contribution >= 0.6 is 11.3 Å². The number of thiophene rings is 1. The summed E-state index contributed by atoms with van der Waals surface area (Å²) in [5.74, 6) is -0.133. The monoisotopic (exact) mass is 395 g/mol. The summed E-state index contributed by atoms with van der Waals surface area (Å²) >= 11 is 1.50. The van der Waals surface area contributed by atoms with Gasteiger partial charge in [0.25, 0.3) is 0 Å². The average molecular weight is 396 g/mol. The van der Waals surface area contributed by atoms with Gasteiger partial charge in [-0.1, -0.05) is 13.3 Å². The predicted molar refractivity (Wildman–Crippen MR) is 105 cm³/mol. The fourth-order valence-electron chi connectivity index (χ4n) is 3.36. The maximum atomic E-state index is 12.5. The summed E-state index contributed by atoms with van der Waals surface area (Å²) in [6.07, 6.45) is 5.80. The molecule has 27 heavy (non-hydrogen) atoms. The molecule has 1 aliphatic carbocycles. The summed E-state index contributed by atoms with van der Waals surface area (Å²) < 4.78 is 9.82. The van der Waals surface area contributed by atoms with Gasteiger partial charge in [-0.3, -0.25) is 9.59 Å². The number of ether oxygens (including phenoxy) is 2. The van der Waals surface area contributed by atoms with E-state index in [1.54, 1.807) is 6.92 Å². The lowest BCUT2D eigenvalue weighted by Crippen LogP contribution is -2.17. The van der Waals surface area contributed by atoms with E-state index in [-0.39, 0.29) is 17.8 Å². The van der Waals surface area contributed by atoms with Crippen LogP contribution in [0.25, 0.3) is 0 Å². The van der Waals surface area contributed by atoms with Gasteiger partial charge in [0.05, 0.1) is 19.3 Å².